The van der Waals surface area contributed by atoms with Crippen molar-refractivity contribution in [1.29, 1.82) is 0 Å². The van der Waals surface area contributed by atoms with Gasteiger partial charge in [-0.3, -0.25) is 9.59 Å². The van der Waals surface area contributed by atoms with Gasteiger partial charge in [0.25, 0.3) is 0 Å². The average molecular weight is 341 g/mol. The molecule has 0 unspecified atom stereocenters. The van der Waals surface area contributed by atoms with E-state index < -0.39 is 18.0 Å². The molecule has 7 heteroatoms. The molecule has 0 aliphatic heterocycles. The maximum absolute atomic E-state index is 12.1. The Bertz CT molecular complexity index is 568. The van der Waals surface area contributed by atoms with Gasteiger partial charge in [0, 0.05) is 6.54 Å². The van der Waals surface area contributed by atoms with Crippen molar-refractivity contribution in [1.82, 2.24) is 5.32 Å². The molecule has 0 bridgehead atoms. The smallest absolute Gasteiger partial charge is 0.387 e. The van der Waals surface area contributed by atoms with Crippen LogP contribution < -0.4 is 10.1 Å². The van der Waals surface area contributed by atoms with Gasteiger partial charge in [0.1, 0.15) is 5.75 Å². The van der Waals surface area contributed by atoms with Crippen LogP contribution in [0.1, 0.15) is 37.7 Å². The number of amides is 1. The summed E-state index contributed by atoms with van der Waals surface area (Å²) in [7, 11) is 0. The molecule has 0 radical (unpaired) electrons. The quantitative estimate of drug-likeness (QED) is 0.799. The minimum absolute atomic E-state index is 0.0289. The first kappa shape index (κ1) is 18.2. The average Bonchev–Trinajstić information content (AvgIpc) is 2.55. The lowest BCUT2D eigenvalue weighted by atomic mass is 9.74. The van der Waals surface area contributed by atoms with Crippen LogP contribution in [0.2, 0.25) is 0 Å². The predicted molar refractivity (Wildman–Crippen MR) is 82.9 cm³/mol. The van der Waals surface area contributed by atoms with Gasteiger partial charge in [-0.05, 0) is 30.5 Å². The molecule has 2 N–H and O–H groups in total. The second-order valence-corrected chi connectivity index (χ2v) is 6.12. The molecule has 0 saturated heterocycles. The summed E-state index contributed by atoms with van der Waals surface area (Å²) in [4.78, 5) is 23.6. The zero-order chi connectivity index (χ0) is 17.6. The summed E-state index contributed by atoms with van der Waals surface area (Å²) >= 11 is 0. The Labute approximate surface area is 139 Å². The number of hydrogen-bond donors (Lipinski definition) is 2. The Morgan fingerprint density at radius 3 is 2.33 bits per heavy atom. The van der Waals surface area contributed by atoms with Crippen molar-refractivity contribution in [3.63, 3.8) is 0 Å². The predicted octanol–water partition coefficient (Wildman–Crippen LogP) is 2.98. The van der Waals surface area contributed by atoms with Gasteiger partial charge in [0.05, 0.1) is 11.8 Å². The summed E-state index contributed by atoms with van der Waals surface area (Å²) in [5.74, 6) is -1.12. The molecule has 1 aliphatic carbocycles. The van der Waals surface area contributed by atoms with Crippen molar-refractivity contribution in [3.05, 3.63) is 29.8 Å². The third kappa shape index (κ3) is 4.91. The molecule has 24 heavy (non-hydrogen) atoms. The summed E-state index contributed by atoms with van der Waals surface area (Å²) in [5.41, 5.74) is -0.231. The Morgan fingerprint density at radius 1 is 1.17 bits per heavy atom. The van der Waals surface area contributed by atoms with Crippen molar-refractivity contribution in [2.24, 2.45) is 5.41 Å². The lowest BCUT2D eigenvalue weighted by molar-refractivity contribution is -0.151. The summed E-state index contributed by atoms with van der Waals surface area (Å²) < 4.78 is 28.4. The van der Waals surface area contributed by atoms with Gasteiger partial charge in [-0.15, -0.1) is 0 Å². The fraction of sp³-hybridized carbons (Fsp3) is 0.529. The molecule has 0 atom stereocenters. The number of benzene rings is 1. The van der Waals surface area contributed by atoms with Gasteiger partial charge in [-0.25, -0.2) is 0 Å². The Balaban J connectivity index is 1.87. The van der Waals surface area contributed by atoms with E-state index in [1.54, 1.807) is 0 Å². The number of carboxylic acid groups (broad SMARTS) is 1. The van der Waals surface area contributed by atoms with E-state index in [1.165, 1.54) is 24.3 Å². The van der Waals surface area contributed by atoms with E-state index in [1.807, 2.05) is 0 Å². The number of halogens is 2. The second kappa shape index (κ2) is 8.08. The van der Waals surface area contributed by atoms with E-state index in [0.29, 0.717) is 18.4 Å². The van der Waals surface area contributed by atoms with Gasteiger partial charge in [0.2, 0.25) is 5.91 Å². The van der Waals surface area contributed by atoms with E-state index >= 15 is 0 Å². The molecule has 1 aromatic carbocycles. The first-order valence-electron chi connectivity index (χ1n) is 7.95. The third-order valence-electron chi connectivity index (χ3n) is 4.40. The lowest BCUT2D eigenvalue weighted by Crippen LogP contribution is -2.44. The topological polar surface area (TPSA) is 75.6 Å². The third-order valence-corrected chi connectivity index (χ3v) is 4.40. The van der Waals surface area contributed by atoms with Crippen LogP contribution in [0.4, 0.5) is 8.78 Å². The zero-order valence-corrected chi connectivity index (χ0v) is 13.3. The number of alkyl halides is 2. The van der Waals surface area contributed by atoms with E-state index in [-0.39, 0.29) is 24.6 Å². The molecular weight excluding hydrogens is 320 g/mol. The van der Waals surface area contributed by atoms with Crippen LogP contribution in [0, 0.1) is 5.41 Å². The molecule has 1 aliphatic rings. The SMILES string of the molecule is O=C(Cc1ccc(OC(F)F)cc1)NCC1(C(=O)O)CCCCC1. The molecule has 1 saturated carbocycles. The van der Waals surface area contributed by atoms with Crippen molar-refractivity contribution < 1.29 is 28.2 Å². The largest absolute Gasteiger partial charge is 0.481 e. The van der Waals surface area contributed by atoms with Gasteiger partial charge in [0.15, 0.2) is 0 Å². The first-order chi connectivity index (χ1) is 11.4. The van der Waals surface area contributed by atoms with E-state index in [2.05, 4.69) is 10.1 Å². The molecule has 1 amide bonds. The van der Waals surface area contributed by atoms with E-state index in [4.69, 9.17) is 0 Å². The summed E-state index contributed by atoms with van der Waals surface area (Å²) in [6.45, 7) is -2.77. The van der Waals surface area contributed by atoms with Crippen LogP contribution in [0.25, 0.3) is 0 Å². The molecule has 0 spiro atoms. The van der Waals surface area contributed by atoms with Gasteiger partial charge in [-0.1, -0.05) is 31.4 Å². The minimum atomic E-state index is -2.89. The van der Waals surface area contributed by atoms with Crippen LogP contribution >= 0.6 is 0 Å². The number of nitrogens with one attached hydrogen (secondary N) is 1. The normalized spacial score (nSPS) is 16.6. The van der Waals surface area contributed by atoms with E-state index in [0.717, 1.165) is 19.3 Å². The maximum Gasteiger partial charge on any atom is 0.387 e. The van der Waals surface area contributed by atoms with Crippen molar-refractivity contribution in [2.45, 2.75) is 45.1 Å². The number of ether oxygens (including phenoxy) is 1. The minimum Gasteiger partial charge on any atom is -0.481 e. The van der Waals surface area contributed by atoms with Gasteiger partial charge >= 0.3 is 12.6 Å². The highest BCUT2D eigenvalue weighted by molar-refractivity contribution is 5.80. The van der Waals surface area contributed by atoms with Crippen molar-refractivity contribution in [3.8, 4) is 5.75 Å². The van der Waals surface area contributed by atoms with Crippen LogP contribution in [-0.2, 0) is 16.0 Å². The second-order valence-electron chi connectivity index (χ2n) is 6.12. The lowest BCUT2D eigenvalue weighted by Gasteiger charge is -2.33. The standard InChI is InChI=1S/C17H21F2NO4/c18-16(19)24-13-6-4-12(5-7-13)10-14(21)20-11-17(15(22)23)8-2-1-3-9-17/h4-7,16H,1-3,8-11H2,(H,20,21)(H,22,23). The molecular formula is C17H21F2NO4. The number of aliphatic carboxylic acids is 1. The number of carbonyl (C=O) groups excluding carboxylic acids is 1. The number of carboxylic acids is 1. The highest BCUT2D eigenvalue weighted by Gasteiger charge is 2.39. The number of hydrogen-bond acceptors (Lipinski definition) is 3. The number of rotatable bonds is 7. The molecule has 0 heterocycles. The highest BCUT2D eigenvalue weighted by Crippen LogP contribution is 2.36. The Hall–Kier alpha value is -2.18. The van der Waals surface area contributed by atoms with Crippen molar-refractivity contribution in [2.75, 3.05) is 6.54 Å². The van der Waals surface area contributed by atoms with Crippen LogP contribution in [-0.4, -0.2) is 30.1 Å². The van der Waals surface area contributed by atoms with Crippen LogP contribution in [0.3, 0.4) is 0 Å². The zero-order valence-electron chi connectivity index (χ0n) is 13.3. The van der Waals surface area contributed by atoms with E-state index in [9.17, 15) is 23.5 Å². The fourth-order valence-electron chi connectivity index (χ4n) is 3.00. The Kier molecular flexibility index (Phi) is 6.11. The fourth-order valence-corrected chi connectivity index (χ4v) is 3.00. The first-order valence-corrected chi connectivity index (χ1v) is 7.95. The molecule has 5 nitrogen and oxygen atoms in total. The molecule has 1 fully saturated rings. The maximum atomic E-state index is 12.1. The monoisotopic (exact) mass is 341 g/mol. The molecule has 0 aromatic heterocycles. The van der Waals surface area contributed by atoms with Crippen LogP contribution in [0.5, 0.6) is 5.75 Å². The Morgan fingerprint density at radius 2 is 1.79 bits per heavy atom. The summed E-state index contributed by atoms with van der Waals surface area (Å²) in [5, 5.41) is 12.2. The summed E-state index contributed by atoms with van der Waals surface area (Å²) in [6.07, 6.45) is 3.94. The number of carbonyl (C=O) groups is 2. The highest BCUT2D eigenvalue weighted by atomic mass is 19.3. The van der Waals surface area contributed by atoms with Gasteiger partial charge in [-0.2, -0.15) is 8.78 Å². The van der Waals surface area contributed by atoms with Gasteiger partial charge < -0.3 is 15.2 Å². The molecule has 1 aromatic rings. The summed E-state index contributed by atoms with van der Waals surface area (Å²) in [6, 6.07) is 5.80. The molecule has 132 valence electrons. The molecule has 2 rings (SSSR count). The van der Waals surface area contributed by atoms with Crippen LogP contribution in [0.15, 0.2) is 24.3 Å². The van der Waals surface area contributed by atoms with Crippen molar-refractivity contribution >= 4 is 11.9 Å².